The van der Waals surface area contributed by atoms with Crippen molar-refractivity contribution in [1.29, 1.82) is 0 Å². The van der Waals surface area contributed by atoms with Gasteiger partial charge in [-0.15, -0.1) is 0 Å². The average Bonchev–Trinajstić information content (AvgIpc) is 2.38. The minimum Gasteiger partial charge on any atom is -0.486 e. The second-order valence-corrected chi connectivity index (χ2v) is 5.69. The first-order valence-electron chi connectivity index (χ1n) is 7.07. The Bertz CT molecular complexity index is 408. The molecular weight excluding hydrogens is 250 g/mol. The maximum atomic E-state index is 6.15. The summed E-state index contributed by atoms with van der Waals surface area (Å²) in [6, 6.07) is 10.1. The molecule has 0 saturated heterocycles. The highest BCUT2D eigenvalue weighted by atomic mass is 16.5. The molecule has 0 aliphatic heterocycles. The van der Waals surface area contributed by atoms with Gasteiger partial charge in [-0.25, -0.2) is 0 Å². The minimum absolute atomic E-state index is 0.128. The van der Waals surface area contributed by atoms with E-state index in [9.17, 15) is 0 Å². The fraction of sp³-hybridized carbons (Fsp3) is 0.529. The van der Waals surface area contributed by atoms with Crippen LogP contribution in [-0.2, 0) is 4.74 Å². The van der Waals surface area contributed by atoms with E-state index in [4.69, 9.17) is 9.47 Å². The lowest BCUT2D eigenvalue weighted by atomic mass is 9.96. The number of nitrogens with one attached hydrogen (secondary N) is 1. The topological polar surface area (TPSA) is 30.5 Å². The van der Waals surface area contributed by atoms with E-state index in [2.05, 4.69) is 39.1 Å². The van der Waals surface area contributed by atoms with Crippen LogP contribution in [0.3, 0.4) is 0 Å². The summed E-state index contributed by atoms with van der Waals surface area (Å²) in [4.78, 5) is 0. The van der Waals surface area contributed by atoms with Crippen molar-refractivity contribution >= 4 is 0 Å². The van der Waals surface area contributed by atoms with Crippen molar-refractivity contribution in [2.75, 3.05) is 20.3 Å². The van der Waals surface area contributed by atoms with Gasteiger partial charge in [0.2, 0.25) is 0 Å². The van der Waals surface area contributed by atoms with Crippen LogP contribution >= 0.6 is 0 Å². The van der Waals surface area contributed by atoms with Crippen LogP contribution in [0.2, 0.25) is 0 Å². The van der Waals surface area contributed by atoms with Gasteiger partial charge in [0.15, 0.2) is 0 Å². The summed E-state index contributed by atoms with van der Waals surface area (Å²) in [5.41, 5.74) is 0.927. The second kappa shape index (κ2) is 8.08. The molecule has 1 aromatic rings. The zero-order chi connectivity index (χ0) is 15.0. The van der Waals surface area contributed by atoms with Crippen LogP contribution in [0.1, 0.15) is 27.7 Å². The summed E-state index contributed by atoms with van der Waals surface area (Å²) in [5, 5.41) is 3.49. The SMILES string of the molecule is COCCNC(C=C(C)C)C(C)(C)Oc1ccccc1. The van der Waals surface area contributed by atoms with Gasteiger partial charge in [-0.05, 0) is 39.8 Å². The van der Waals surface area contributed by atoms with Crippen molar-refractivity contribution in [1.82, 2.24) is 5.32 Å². The third kappa shape index (κ3) is 5.76. The van der Waals surface area contributed by atoms with E-state index in [-0.39, 0.29) is 11.6 Å². The Kier molecular flexibility index (Phi) is 6.76. The van der Waals surface area contributed by atoms with Crippen molar-refractivity contribution in [2.24, 2.45) is 0 Å². The number of methoxy groups -OCH3 is 1. The monoisotopic (exact) mass is 277 g/mol. The Morgan fingerprint density at radius 3 is 2.45 bits per heavy atom. The minimum atomic E-state index is -0.341. The van der Waals surface area contributed by atoms with Crippen LogP contribution in [0, 0.1) is 0 Å². The van der Waals surface area contributed by atoms with Gasteiger partial charge in [-0.1, -0.05) is 29.8 Å². The normalized spacial score (nSPS) is 12.8. The highest BCUT2D eigenvalue weighted by Crippen LogP contribution is 2.22. The van der Waals surface area contributed by atoms with Crippen LogP contribution in [0.5, 0.6) is 5.75 Å². The molecule has 1 atom stereocenters. The Morgan fingerprint density at radius 1 is 1.25 bits per heavy atom. The standard InChI is InChI=1S/C17H27NO2/c1-14(2)13-16(18-11-12-19-5)17(3,4)20-15-9-7-6-8-10-15/h6-10,13,16,18H,11-12H2,1-5H3. The van der Waals surface area contributed by atoms with E-state index < -0.39 is 0 Å². The lowest BCUT2D eigenvalue weighted by Gasteiger charge is -2.34. The van der Waals surface area contributed by atoms with Gasteiger partial charge >= 0.3 is 0 Å². The van der Waals surface area contributed by atoms with Crippen LogP contribution < -0.4 is 10.1 Å². The van der Waals surface area contributed by atoms with Crippen molar-refractivity contribution < 1.29 is 9.47 Å². The maximum Gasteiger partial charge on any atom is 0.122 e. The fourth-order valence-electron chi connectivity index (χ4n) is 2.01. The zero-order valence-corrected chi connectivity index (χ0v) is 13.3. The quantitative estimate of drug-likeness (QED) is 0.583. The molecule has 1 N–H and O–H groups in total. The van der Waals surface area contributed by atoms with Crippen LogP contribution in [0.4, 0.5) is 0 Å². The molecular formula is C17H27NO2. The van der Waals surface area contributed by atoms with E-state index in [0.29, 0.717) is 6.61 Å². The highest BCUT2D eigenvalue weighted by molar-refractivity contribution is 5.23. The molecule has 0 aromatic heterocycles. The van der Waals surface area contributed by atoms with Gasteiger partial charge in [-0.2, -0.15) is 0 Å². The Hall–Kier alpha value is -1.32. The van der Waals surface area contributed by atoms with Crippen LogP contribution in [-0.4, -0.2) is 31.9 Å². The summed E-state index contributed by atoms with van der Waals surface area (Å²) in [7, 11) is 1.71. The van der Waals surface area contributed by atoms with Crippen molar-refractivity contribution in [2.45, 2.75) is 39.3 Å². The lowest BCUT2D eigenvalue weighted by Crippen LogP contribution is -2.50. The second-order valence-electron chi connectivity index (χ2n) is 5.69. The fourth-order valence-corrected chi connectivity index (χ4v) is 2.01. The number of benzene rings is 1. The van der Waals surface area contributed by atoms with Gasteiger partial charge in [-0.3, -0.25) is 0 Å². The summed E-state index contributed by atoms with van der Waals surface area (Å²) in [5.74, 6) is 0.887. The Morgan fingerprint density at radius 2 is 1.90 bits per heavy atom. The number of hydrogen-bond acceptors (Lipinski definition) is 3. The average molecular weight is 277 g/mol. The Labute approximate surface area is 123 Å². The van der Waals surface area contributed by atoms with Crippen molar-refractivity contribution in [3.63, 3.8) is 0 Å². The number of ether oxygens (including phenoxy) is 2. The molecule has 0 heterocycles. The number of rotatable bonds is 8. The van der Waals surface area contributed by atoms with Crippen molar-refractivity contribution in [3.05, 3.63) is 42.0 Å². The summed E-state index contributed by atoms with van der Waals surface area (Å²) in [6.07, 6.45) is 2.21. The Balaban J connectivity index is 2.78. The third-order valence-corrected chi connectivity index (χ3v) is 3.04. The van der Waals surface area contributed by atoms with E-state index in [1.54, 1.807) is 7.11 Å². The predicted octanol–water partition coefficient (Wildman–Crippen LogP) is 3.41. The molecule has 1 unspecified atom stereocenters. The molecule has 1 rings (SSSR count). The van der Waals surface area contributed by atoms with E-state index in [0.717, 1.165) is 12.3 Å². The lowest BCUT2D eigenvalue weighted by molar-refractivity contribution is 0.0775. The molecule has 0 saturated carbocycles. The van der Waals surface area contributed by atoms with Gasteiger partial charge < -0.3 is 14.8 Å². The molecule has 1 aromatic carbocycles. The van der Waals surface area contributed by atoms with E-state index in [1.807, 2.05) is 30.3 Å². The smallest absolute Gasteiger partial charge is 0.122 e. The van der Waals surface area contributed by atoms with Gasteiger partial charge in [0.25, 0.3) is 0 Å². The highest BCUT2D eigenvalue weighted by Gasteiger charge is 2.29. The van der Waals surface area contributed by atoms with Gasteiger partial charge in [0, 0.05) is 13.7 Å². The van der Waals surface area contributed by atoms with Crippen LogP contribution in [0.25, 0.3) is 0 Å². The van der Waals surface area contributed by atoms with Gasteiger partial charge in [0.05, 0.1) is 12.6 Å². The summed E-state index contributed by atoms with van der Waals surface area (Å²) >= 11 is 0. The van der Waals surface area contributed by atoms with Crippen LogP contribution in [0.15, 0.2) is 42.0 Å². The third-order valence-electron chi connectivity index (χ3n) is 3.04. The molecule has 0 spiro atoms. The molecule has 0 aliphatic rings. The first kappa shape index (κ1) is 16.7. The molecule has 3 nitrogen and oxygen atoms in total. The van der Waals surface area contributed by atoms with Gasteiger partial charge in [0.1, 0.15) is 11.4 Å². The molecule has 0 fully saturated rings. The molecule has 0 bridgehead atoms. The number of para-hydroxylation sites is 1. The number of allylic oxidation sites excluding steroid dienone is 1. The van der Waals surface area contributed by atoms with Crippen molar-refractivity contribution in [3.8, 4) is 5.75 Å². The molecule has 0 amide bonds. The number of hydrogen-bond donors (Lipinski definition) is 1. The first-order valence-corrected chi connectivity index (χ1v) is 7.07. The summed E-state index contributed by atoms with van der Waals surface area (Å²) < 4.78 is 11.3. The maximum absolute atomic E-state index is 6.15. The molecule has 0 aliphatic carbocycles. The first-order chi connectivity index (χ1) is 9.45. The molecule has 112 valence electrons. The van der Waals surface area contributed by atoms with E-state index in [1.165, 1.54) is 5.57 Å². The van der Waals surface area contributed by atoms with E-state index >= 15 is 0 Å². The zero-order valence-electron chi connectivity index (χ0n) is 13.3. The summed E-state index contributed by atoms with van der Waals surface area (Å²) in [6.45, 7) is 9.89. The molecule has 3 heteroatoms. The largest absolute Gasteiger partial charge is 0.486 e. The molecule has 20 heavy (non-hydrogen) atoms. The molecule has 0 radical (unpaired) electrons. The predicted molar refractivity (Wildman–Crippen MR) is 84.2 cm³/mol.